The van der Waals surface area contributed by atoms with Crippen LogP contribution in [0.1, 0.15) is 29.7 Å². The van der Waals surface area contributed by atoms with Crippen molar-refractivity contribution in [1.29, 1.82) is 0 Å². The molecule has 0 amide bonds. The summed E-state index contributed by atoms with van der Waals surface area (Å²) in [5.74, 6) is 1.80. The highest BCUT2D eigenvalue weighted by Crippen LogP contribution is 2.41. The summed E-state index contributed by atoms with van der Waals surface area (Å²) >= 11 is 1.83. The normalized spacial score (nSPS) is 18.0. The minimum Gasteiger partial charge on any atom is -0.393 e. The quantitative estimate of drug-likeness (QED) is 0.767. The minimum atomic E-state index is -0.181. The maximum Gasteiger partial charge on any atom is 0.164 e. The van der Waals surface area contributed by atoms with E-state index in [2.05, 4.69) is 9.88 Å². The Morgan fingerprint density at radius 2 is 2.04 bits per heavy atom. The van der Waals surface area contributed by atoms with E-state index >= 15 is 0 Å². The first-order chi connectivity index (χ1) is 12.3. The zero-order valence-electron chi connectivity index (χ0n) is 14.0. The molecule has 5 nitrogen and oxygen atoms in total. The number of aliphatic hydroxyl groups excluding tert-OH is 1. The van der Waals surface area contributed by atoms with Gasteiger partial charge in [-0.15, -0.1) is 11.3 Å². The van der Waals surface area contributed by atoms with Gasteiger partial charge in [0, 0.05) is 35.9 Å². The first-order valence-electron chi connectivity index (χ1n) is 8.95. The highest BCUT2D eigenvalue weighted by atomic mass is 32.1. The van der Waals surface area contributed by atoms with Crippen molar-refractivity contribution in [2.75, 3.05) is 18.0 Å². The highest BCUT2D eigenvalue weighted by Gasteiger charge is 2.27. The number of piperidine rings is 1. The first-order valence-corrected chi connectivity index (χ1v) is 9.77. The number of nitrogens with zero attached hydrogens (tertiary/aromatic N) is 4. The maximum atomic E-state index is 9.87. The molecule has 0 bridgehead atoms. The number of aliphatic hydroxyl groups is 1. The van der Waals surface area contributed by atoms with Crippen molar-refractivity contribution in [2.45, 2.75) is 38.2 Å². The molecule has 0 unspecified atom stereocenters. The predicted octanol–water partition coefficient (Wildman–Crippen LogP) is 3.20. The molecule has 0 atom stereocenters. The average molecular weight is 352 g/mol. The number of aryl methyl sites for hydroxylation is 2. The summed E-state index contributed by atoms with van der Waals surface area (Å²) in [5, 5.41) is 11.1. The number of aromatic nitrogens is 3. The summed E-state index contributed by atoms with van der Waals surface area (Å²) in [6.45, 7) is 1.70. The molecule has 1 saturated heterocycles. The van der Waals surface area contributed by atoms with Crippen molar-refractivity contribution in [2.24, 2.45) is 0 Å². The van der Waals surface area contributed by atoms with E-state index in [1.54, 1.807) is 6.20 Å². The van der Waals surface area contributed by atoms with Crippen LogP contribution in [0, 0.1) is 0 Å². The lowest BCUT2D eigenvalue weighted by Gasteiger charge is -2.31. The van der Waals surface area contributed by atoms with Gasteiger partial charge in [-0.25, -0.2) is 9.97 Å². The molecule has 0 spiro atoms. The second-order valence-electron chi connectivity index (χ2n) is 6.87. The molecule has 1 aliphatic carbocycles. The van der Waals surface area contributed by atoms with Crippen LogP contribution in [0.5, 0.6) is 0 Å². The Morgan fingerprint density at radius 3 is 2.84 bits per heavy atom. The number of hydrogen-bond acceptors (Lipinski definition) is 6. The fourth-order valence-corrected chi connectivity index (χ4v) is 5.16. The highest BCUT2D eigenvalue weighted by molar-refractivity contribution is 7.19. The molecular weight excluding hydrogens is 332 g/mol. The molecular formula is C19H20N4OS. The van der Waals surface area contributed by atoms with E-state index in [-0.39, 0.29) is 6.10 Å². The Bertz CT molecular complexity index is 916. The SMILES string of the molecule is OC1CCN(c2nc(-c3cccnc3)nc3sc4c(c23)CCC4)CC1. The molecule has 25 heavy (non-hydrogen) atoms. The zero-order chi connectivity index (χ0) is 16.8. The Kier molecular flexibility index (Phi) is 3.68. The van der Waals surface area contributed by atoms with Crippen molar-refractivity contribution in [3.05, 3.63) is 35.0 Å². The van der Waals surface area contributed by atoms with Crippen LogP contribution >= 0.6 is 11.3 Å². The number of fused-ring (bicyclic) bond motifs is 3. The molecule has 3 aromatic heterocycles. The van der Waals surface area contributed by atoms with Crippen molar-refractivity contribution in [3.63, 3.8) is 0 Å². The smallest absolute Gasteiger partial charge is 0.164 e. The summed E-state index contributed by atoms with van der Waals surface area (Å²) in [7, 11) is 0. The molecule has 0 saturated carbocycles. The molecule has 128 valence electrons. The molecule has 3 aromatic rings. The summed E-state index contributed by atoms with van der Waals surface area (Å²) < 4.78 is 0. The Balaban J connectivity index is 1.69. The molecule has 1 fully saturated rings. The van der Waals surface area contributed by atoms with Gasteiger partial charge in [0.05, 0.1) is 11.5 Å². The molecule has 2 aliphatic rings. The topological polar surface area (TPSA) is 62.1 Å². The van der Waals surface area contributed by atoms with Gasteiger partial charge < -0.3 is 10.0 Å². The van der Waals surface area contributed by atoms with Crippen LogP contribution in [0.25, 0.3) is 21.6 Å². The standard InChI is InChI=1S/C19H20N4OS/c24-13-6-9-23(10-7-13)18-16-14-4-1-5-15(14)25-19(16)22-17(21-18)12-3-2-8-20-11-12/h2-3,8,11,13,24H,1,4-7,9-10H2. The second kappa shape index (κ2) is 6.04. The van der Waals surface area contributed by atoms with Crippen LogP contribution in [0.3, 0.4) is 0 Å². The summed E-state index contributed by atoms with van der Waals surface area (Å²) in [5.41, 5.74) is 2.41. The zero-order valence-corrected chi connectivity index (χ0v) is 14.8. The van der Waals surface area contributed by atoms with E-state index in [1.807, 2.05) is 29.7 Å². The fourth-order valence-electron chi connectivity index (χ4n) is 3.91. The van der Waals surface area contributed by atoms with Crippen LogP contribution in [0.4, 0.5) is 5.82 Å². The number of hydrogen-bond donors (Lipinski definition) is 1. The molecule has 0 radical (unpaired) electrons. The van der Waals surface area contributed by atoms with E-state index in [4.69, 9.17) is 9.97 Å². The van der Waals surface area contributed by atoms with Gasteiger partial charge in [0.1, 0.15) is 10.6 Å². The Hall–Kier alpha value is -2.05. The van der Waals surface area contributed by atoms with Gasteiger partial charge in [0.2, 0.25) is 0 Å². The lowest BCUT2D eigenvalue weighted by Crippen LogP contribution is -2.36. The van der Waals surface area contributed by atoms with Crippen LogP contribution in [-0.4, -0.2) is 39.3 Å². The van der Waals surface area contributed by atoms with Crippen molar-refractivity contribution < 1.29 is 5.11 Å². The van der Waals surface area contributed by atoms with E-state index in [0.29, 0.717) is 0 Å². The molecule has 4 heterocycles. The van der Waals surface area contributed by atoms with Gasteiger partial charge in [-0.2, -0.15) is 0 Å². The average Bonchev–Trinajstić information content (AvgIpc) is 3.23. The molecule has 1 N–H and O–H groups in total. The molecule has 0 aromatic carbocycles. The number of thiophene rings is 1. The Morgan fingerprint density at radius 1 is 1.16 bits per heavy atom. The Labute approximate surface area is 150 Å². The molecule has 6 heteroatoms. The van der Waals surface area contributed by atoms with E-state index < -0.39 is 0 Å². The predicted molar refractivity (Wildman–Crippen MR) is 100 cm³/mol. The van der Waals surface area contributed by atoms with Crippen LogP contribution in [0.15, 0.2) is 24.5 Å². The second-order valence-corrected chi connectivity index (χ2v) is 7.95. The van der Waals surface area contributed by atoms with E-state index in [9.17, 15) is 5.11 Å². The summed E-state index contributed by atoms with van der Waals surface area (Å²) in [6.07, 6.45) is 8.56. The van der Waals surface area contributed by atoms with Crippen molar-refractivity contribution in [1.82, 2.24) is 15.0 Å². The van der Waals surface area contributed by atoms with Gasteiger partial charge >= 0.3 is 0 Å². The summed E-state index contributed by atoms with van der Waals surface area (Å²) in [6, 6.07) is 3.94. The maximum absolute atomic E-state index is 9.87. The third-order valence-corrected chi connectivity index (χ3v) is 6.42. The van der Waals surface area contributed by atoms with Crippen molar-refractivity contribution in [3.8, 4) is 11.4 Å². The lowest BCUT2D eigenvalue weighted by molar-refractivity contribution is 0.145. The van der Waals surface area contributed by atoms with E-state index in [0.717, 1.165) is 60.8 Å². The molecule has 1 aliphatic heterocycles. The van der Waals surface area contributed by atoms with Gasteiger partial charge in [0.15, 0.2) is 5.82 Å². The van der Waals surface area contributed by atoms with Crippen LogP contribution < -0.4 is 4.90 Å². The van der Waals surface area contributed by atoms with E-state index in [1.165, 1.54) is 22.2 Å². The summed E-state index contributed by atoms with van der Waals surface area (Å²) in [4.78, 5) is 19.0. The van der Waals surface area contributed by atoms with Gasteiger partial charge in [-0.05, 0) is 49.8 Å². The largest absolute Gasteiger partial charge is 0.393 e. The monoisotopic (exact) mass is 352 g/mol. The number of rotatable bonds is 2. The van der Waals surface area contributed by atoms with Crippen molar-refractivity contribution >= 4 is 27.4 Å². The minimum absolute atomic E-state index is 0.181. The number of pyridine rings is 1. The molecule has 5 rings (SSSR count). The lowest BCUT2D eigenvalue weighted by atomic mass is 10.1. The van der Waals surface area contributed by atoms with Crippen LogP contribution in [-0.2, 0) is 12.8 Å². The van der Waals surface area contributed by atoms with Gasteiger partial charge in [-0.1, -0.05) is 0 Å². The van der Waals surface area contributed by atoms with Crippen LogP contribution in [0.2, 0.25) is 0 Å². The third-order valence-electron chi connectivity index (χ3n) is 5.23. The van der Waals surface area contributed by atoms with Gasteiger partial charge in [-0.3, -0.25) is 4.98 Å². The fraction of sp³-hybridized carbons (Fsp3) is 0.421. The third kappa shape index (κ3) is 2.60. The first kappa shape index (κ1) is 15.2. The number of anilines is 1. The van der Waals surface area contributed by atoms with Gasteiger partial charge in [0.25, 0.3) is 0 Å².